The van der Waals surface area contributed by atoms with Crippen LogP contribution in [0.4, 0.5) is 0 Å². The molecule has 9 heteroatoms. The summed E-state index contributed by atoms with van der Waals surface area (Å²) in [6.07, 6.45) is 1.52. The van der Waals surface area contributed by atoms with Gasteiger partial charge in [0.2, 0.25) is 0 Å². The van der Waals surface area contributed by atoms with E-state index in [2.05, 4.69) is 4.90 Å². The molecular weight excluding hydrogens is 506 g/mol. The number of carbonyl (C=O) groups is 1. The Bertz CT molecular complexity index is 1410. The molecule has 200 valence electrons. The van der Waals surface area contributed by atoms with Gasteiger partial charge in [0.05, 0.1) is 37.1 Å². The molecule has 0 aliphatic carbocycles. The van der Waals surface area contributed by atoms with E-state index < -0.39 is 15.8 Å². The number of phenols is 1. The first-order valence-corrected chi connectivity index (χ1v) is 14.4. The number of hydrogen-bond donors (Lipinski definition) is 1. The molecule has 0 amide bonds. The van der Waals surface area contributed by atoms with Gasteiger partial charge in [0.1, 0.15) is 17.1 Å². The van der Waals surface area contributed by atoms with Gasteiger partial charge < -0.3 is 19.3 Å². The summed E-state index contributed by atoms with van der Waals surface area (Å²) in [5.41, 5.74) is 3.24. The number of hydrogen-bond acceptors (Lipinski definition) is 8. The molecule has 0 spiro atoms. The number of carbonyl (C=O) groups excluding carboxylic acids is 1. The molecule has 0 aromatic heterocycles. The van der Waals surface area contributed by atoms with E-state index in [0.717, 1.165) is 48.5 Å². The summed E-state index contributed by atoms with van der Waals surface area (Å²) in [6, 6.07) is 17.0. The van der Waals surface area contributed by atoms with Crippen LogP contribution in [-0.4, -0.2) is 70.5 Å². The lowest BCUT2D eigenvalue weighted by molar-refractivity contribution is 0.0297. The van der Waals surface area contributed by atoms with Crippen molar-refractivity contribution in [2.75, 3.05) is 46.1 Å². The first kappa shape index (κ1) is 26.2. The summed E-state index contributed by atoms with van der Waals surface area (Å²) in [5, 5.41) is 10.4. The van der Waals surface area contributed by atoms with E-state index in [1.807, 2.05) is 24.3 Å². The summed E-state index contributed by atoms with van der Waals surface area (Å²) in [4.78, 5) is 14.9. The molecule has 3 aromatic carbocycles. The van der Waals surface area contributed by atoms with Gasteiger partial charge >= 0.3 is 5.97 Å². The second-order valence-electron chi connectivity index (χ2n) is 9.50. The minimum atomic E-state index is -3.70. The number of esters is 1. The SMILES string of the molecule is O=C(OCCCN1CCOCC1)c1ccc(CS(=O)(=O)c2cccc(-c3ccc4c(c3)CCO4)c2)cc1O. The Morgan fingerprint density at radius 3 is 2.61 bits per heavy atom. The maximum Gasteiger partial charge on any atom is 0.341 e. The van der Waals surface area contributed by atoms with Gasteiger partial charge in [0.25, 0.3) is 0 Å². The molecule has 2 aliphatic heterocycles. The van der Waals surface area contributed by atoms with Crippen molar-refractivity contribution in [2.24, 2.45) is 0 Å². The lowest BCUT2D eigenvalue weighted by Crippen LogP contribution is -2.37. The van der Waals surface area contributed by atoms with E-state index >= 15 is 0 Å². The first-order chi connectivity index (χ1) is 18.4. The molecule has 1 saturated heterocycles. The molecule has 0 atom stereocenters. The molecule has 1 fully saturated rings. The van der Waals surface area contributed by atoms with Crippen LogP contribution >= 0.6 is 0 Å². The Labute approximate surface area is 222 Å². The molecule has 0 radical (unpaired) electrons. The summed E-state index contributed by atoms with van der Waals surface area (Å²) >= 11 is 0. The predicted molar refractivity (Wildman–Crippen MR) is 142 cm³/mol. The molecule has 2 aliphatic rings. The molecule has 1 N–H and O–H groups in total. The molecule has 5 rings (SSSR count). The Morgan fingerprint density at radius 2 is 1.79 bits per heavy atom. The summed E-state index contributed by atoms with van der Waals surface area (Å²) in [7, 11) is -3.70. The van der Waals surface area contributed by atoms with Crippen LogP contribution in [0, 0.1) is 0 Å². The van der Waals surface area contributed by atoms with E-state index in [4.69, 9.17) is 14.2 Å². The fraction of sp³-hybridized carbons (Fsp3) is 0.345. The number of morpholine rings is 1. The Kier molecular flexibility index (Phi) is 7.97. The summed E-state index contributed by atoms with van der Waals surface area (Å²) in [6.45, 7) is 4.86. The van der Waals surface area contributed by atoms with Crippen molar-refractivity contribution in [3.8, 4) is 22.6 Å². The van der Waals surface area contributed by atoms with E-state index in [1.165, 1.54) is 18.2 Å². The molecular formula is C29H31NO7S. The fourth-order valence-corrected chi connectivity index (χ4v) is 6.11. The number of ether oxygens (including phenoxy) is 3. The highest BCUT2D eigenvalue weighted by Crippen LogP contribution is 2.32. The fourth-order valence-electron chi connectivity index (χ4n) is 4.73. The summed E-state index contributed by atoms with van der Waals surface area (Å²) < 4.78 is 42.6. The van der Waals surface area contributed by atoms with Crippen LogP contribution in [0.2, 0.25) is 0 Å². The molecule has 0 bridgehead atoms. The molecule has 8 nitrogen and oxygen atoms in total. The average molecular weight is 538 g/mol. The zero-order valence-electron chi connectivity index (χ0n) is 21.1. The highest BCUT2D eigenvalue weighted by atomic mass is 32.2. The van der Waals surface area contributed by atoms with Crippen LogP contribution in [0.5, 0.6) is 11.5 Å². The van der Waals surface area contributed by atoms with Gasteiger partial charge in [0, 0.05) is 26.1 Å². The zero-order valence-corrected chi connectivity index (χ0v) is 21.9. The number of phenolic OH excluding ortho intramolecular Hbond substituents is 1. The Balaban J connectivity index is 1.21. The average Bonchev–Trinajstić information content (AvgIpc) is 3.40. The van der Waals surface area contributed by atoms with Crippen LogP contribution in [-0.2, 0) is 31.5 Å². The highest BCUT2D eigenvalue weighted by molar-refractivity contribution is 7.90. The van der Waals surface area contributed by atoms with Crippen molar-refractivity contribution in [1.82, 2.24) is 4.90 Å². The van der Waals surface area contributed by atoms with Gasteiger partial charge in [-0.15, -0.1) is 0 Å². The van der Waals surface area contributed by atoms with Crippen LogP contribution in [0.25, 0.3) is 11.1 Å². The standard InChI is InChI=1S/C29H31NO7S/c31-27-17-21(5-7-26(27)29(32)37-13-2-10-30-11-15-35-16-12-30)20-38(33,34)25-4-1-3-22(19-25)23-6-8-28-24(18-23)9-14-36-28/h1,3-8,17-19,31H,2,9-16,20H2. The van der Waals surface area contributed by atoms with Gasteiger partial charge in [-0.1, -0.05) is 24.3 Å². The molecule has 0 saturated carbocycles. The Hall–Kier alpha value is -3.40. The number of nitrogens with zero attached hydrogens (tertiary/aromatic N) is 1. The number of rotatable bonds is 9. The minimum absolute atomic E-state index is 0.0140. The third-order valence-electron chi connectivity index (χ3n) is 6.81. The number of aromatic hydroxyl groups is 1. The van der Waals surface area contributed by atoms with E-state index in [9.17, 15) is 18.3 Å². The predicted octanol–water partition coefficient (Wildman–Crippen LogP) is 3.85. The second kappa shape index (κ2) is 11.6. The third-order valence-corrected chi connectivity index (χ3v) is 8.50. The Morgan fingerprint density at radius 1 is 0.974 bits per heavy atom. The van der Waals surface area contributed by atoms with Crippen molar-refractivity contribution < 1.29 is 32.5 Å². The summed E-state index contributed by atoms with van der Waals surface area (Å²) in [5.74, 6) is -0.370. The van der Waals surface area contributed by atoms with Crippen LogP contribution in [0.15, 0.2) is 65.6 Å². The topological polar surface area (TPSA) is 102 Å². The zero-order chi connectivity index (χ0) is 26.5. The van der Waals surface area contributed by atoms with Crippen LogP contribution < -0.4 is 4.74 Å². The van der Waals surface area contributed by atoms with Crippen molar-refractivity contribution in [1.29, 1.82) is 0 Å². The van der Waals surface area contributed by atoms with Crippen molar-refractivity contribution >= 4 is 15.8 Å². The van der Waals surface area contributed by atoms with Gasteiger partial charge in [-0.2, -0.15) is 0 Å². The lowest BCUT2D eigenvalue weighted by Gasteiger charge is -2.26. The van der Waals surface area contributed by atoms with Gasteiger partial charge in [0.15, 0.2) is 9.84 Å². The minimum Gasteiger partial charge on any atom is -0.507 e. The van der Waals surface area contributed by atoms with Gasteiger partial charge in [-0.25, -0.2) is 13.2 Å². The van der Waals surface area contributed by atoms with E-state index in [-0.39, 0.29) is 28.6 Å². The highest BCUT2D eigenvalue weighted by Gasteiger charge is 2.20. The number of benzene rings is 3. The number of fused-ring (bicyclic) bond motifs is 1. The van der Waals surface area contributed by atoms with Crippen molar-refractivity contribution in [3.63, 3.8) is 0 Å². The van der Waals surface area contributed by atoms with Gasteiger partial charge in [-0.3, -0.25) is 4.90 Å². The van der Waals surface area contributed by atoms with Crippen LogP contribution in [0.1, 0.15) is 27.9 Å². The van der Waals surface area contributed by atoms with Crippen molar-refractivity contribution in [2.45, 2.75) is 23.5 Å². The van der Waals surface area contributed by atoms with Crippen molar-refractivity contribution in [3.05, 3.63) is 77.4 Å². The largest absolute Gasteiger partial charge is 0.507 e. The van der Waals surface area contributed by atoms with Crippen LogP contribution in [0.3, 0.4) is 0 Å². The van der Waals surface area contributed by atoms with E-state index in [0.29, 0.717) is 31.8 Å². The number of sulfone groups is 1. The smallest absolute Gasteiger partial charge is 0.341 e. The quantitative estimate of drug-likeness (QED) is 0.325. The van der Waals surface area contributed by atoms with E-state index in [1.54, 1.807) is 18.2 Å². The maximum absolute atomic E-state index is 13.2. The molecule has 0 unspecified atom stereocenters. The third kappa shape index (κ3) is 6.18. The first-order valence-electron chi connectivity index (χ1n) is 12.8. The monoisotopic (exact) mass is 537 g/mol. The molecule has 2 heterocycles. The maximum atomic E-state index is 13.2. The second-order valence-corrected chi connectivity index (χ2v) is 11.5. The van der Waals surface area contributed by atoms with Gasteiger partial charge in [-0.05, 0) is 65.1 Å². The lowest BCUT2D eigenvalue weighted by atomic mass is 10.0. The normalized spacial score (nSPS) is 15.6. The molecule has 3 aromatic rings. The molecule has 38 heavy (non-hydrogen) atoms.